The SMILES string of the molecule is CCC(F)(CC)CN1CCC(COc2ccc(-c3ccc(C(=O)N4C[C@H](O)C[C@H]4C(N)=O)cc3F)nc2)CC1. The van der Waals surface area contributed by atoms with Gasteiger partial charge in [0, 0.05) is 30.6 Å². The topological polar surface area (TPSA) is 109 Å². The first-order valence-electron chi connectivity index (χ1n) is 13.7. The molecule has 0 aliphatic carbocycles. The Labute approximate surface area is 228 Å². The molecule has 39 heavy (non-hydrogen) atoms. The van der Waals surface area contributed by atoms with Crippen molar-refractivity contribution in [2.24, 2.45) is 11.7 Å². The van der Waals surface area contributed by atoms with Crippen LogP contribution >= 0.6 is 0 Å². The number of ether oxygens (including phenoxy) is 1. The standard InChI is InChI=1S/C29H38F2N4O4/c1-3-29(31,4-2)18-34-11-9-19(10-12-34)17-39-22-6-8-25(33-15-22)23-7-5-20(13-24(23)30)28(38)35-16-21(36)14-26(35)27(32)37/h5-8,13,15,19,21,26,36H,3-4,9-12,14,16-18H2,1-2H3,(H2,32,37)/t21-,26+/m1/s1. The summed E-state index contributed by atoms with van der Waals surface area (Å²) in [5, 5.41) is 9.85. The number of aromatic nitrogens is 1. The highest BCUT2D eigenvalue weighted by Gasteiger charge is 2.38. The Balaban J connectivity index is 1.31. The van der Waals surface area contributed by atoms with Gasteiger partial charge in [-0.15, -0.1) is 0 Å². The van der Waals surface area contributed by atoms with Gasteiger partial charge in [-0.25, -0.2) is 8.78 Å². The molecule has 2 saturated heterocycles. The number of rotatable bonds is 10. The van der Waals surface area contributed by atoms with Gasteiger partial charge in [0.1, 0.15) is 23.3 Å². The molecule has 8 nitrogen and oxygen atoms in total. The number of pyridine rings is 1. The lowest BCUT2D eigenvalue weighted by molar-refractivity contribution is -0.121. The summed E-state index contributed by atoms with van der Waals surface area (Å²) in [5.74, 6) is -0.943. The molecule has 0 bridgehead atoms. The maximum absolute atomic E-state index is 15.0. The third-order valence-electron chi connectivity index (χ3n) is 8.06. The molecule has 3 heterocycles. The quantitative estimate of drug-likeness (QED) is 0.474. The average molecular weight is 545 g/mol. The summed E-state index contributed by atoms with van der Waals surface area (Å²) in [6.07, 6.45) is 3.72. The number of aliphatic hydroxyl groups excluding tert-OH is 1. The fourth-order valence-corrected chi connectivity index (χ4v) is 5.35. The fourth-order valence-electron chi connectivity index (χ4n) is 5.35. The van der Waals surface area contributed by atoms with Crippen molar-refractivity contribution < 1.29 is 28.2 Å². The normalized spacial score (nSPS) is 20.8. The monoisotopic (exact) mass is 544 g/mol. The van der Waals surface area contributed by atoms with E-state index in [4.69, 9.17) is 10.5 Å². The number of carbonyl (C=O) groups is 2. The van der Waals surface area contributed by atoms with E-state index in [0.717, 1.165) is 32.0 Å². The molecular weight excluding hydrogens is 506 g/mol. The number of hydrogen-bond donors (Lipinski definition) is 2. The smallest absolute Gasteiger partial charge is 0.254 e. The lowest BCUT2D eigenvalue weighted by atomic mass is 9.94. The molecule has 1 aromatic carbocycles. The van der Waals surface area contributed by atoms with Crippen molar-refractivity contribution in [3.05, 3.63) is 47.9 Å². The Hall–Kier alpha value is -3.11. The number of nitrogens with zero attached hydrogens (tertiary/aromatic N) is 3. The first-order valence-corrected chi connectivity index (χ1v) is 13.7. The number of halogens is 2. The van der Waals surface area contributed by atoms with Crippen LogP contribution in [-0.2, 0) is 4.79 Å². The minimum atomic E-state index is -1.11. The van der Waals surface area contributed by atoms with Gasteiger partial charge in [-0.2, -0.15) is 0 Å². The van der Waals surface area contributed by atoms with Gasteiger partial charge in [0.25, 0.3) is 5.91 Å². The highest BCUT2D eigenvalue weighted by molar-refractivity contribution is 5.98. The number of β-amino-alcohol motifs (C(OH)–C–C–N with tert-alkyl or cyclic N) is 1. The van der Waals surface area contributed by atoms with Crippen molar-refractivity contribution in [2.45, 2.75) is 63.8 Å². The fraction of sp³-hybridized carbons (Fsp3) is 0.552. The minimum absolute atomic E-state index is 0.0338. The maximum atomic E-state index is 15.0. The number of primary amides is 1. The van der Waals surface area contributed by atoms with Crippen LogP contribution in [-0.4, -0.2) is 82.3 Å². The zero-order valence-corrected chi connectivity index (χ0v) is 22.6. The van der Waals surface area contributed by atoms with Crippen LogP contribution in [0.5, 0.6) is 5.75 Å². The molecular formula is C29H38F2N4O4. The maximum Gasteiger partial charge on any atom is 0.254 e. The molecule has 2 aliphatic rings. The van der Waals surface area contributed by atoms with Gasteiger partial charge < -0.3 is 25.4 Å². The van der Waals surface area contributed by atoms with E-state index in [1.54, 1.807) is 18.3 Å². The molecule has 0 radical (unpaired) electrons. The van der Waals surface area contributed by atoms with Gasteiger partial charge in [-0.3, -0.25) is 14.6 Å². The second kappa shape index (κ2) is 12.4. The lowest BCUT2D eigenvalue weighted by Gasteiger charge is -2.36. The molecule has 212 valence electrons. The van der Waals surface area contributed by atoms with Crippen LogP contribution < -0.4 is 10.5 Å². The highest BCUT2D eigenvalue weighted by atomic mass is 19.1. The van der Waals surface area contributed by atoms with Crippen molar-refractivity contribution in [3.63, 3.8) is 0 Å². The van der Waals surface area contributed by atoms with E-state index in [1.807, 2.05) is 13.8 Å². The predicted molar refractivity (Wildman–Crippen MR) is 143 cm³/mol. The third kappa shape index (κ3) is 6.91. The number of aliphatic hydroxyl groups is 1. The molecule has 10 heteroatoms. The van der Waals surface area contributed by atoms with Gasteiger partial charge in [0.15, 0.2) is 0 Å². The van der Waals surface area contributed by atoms with Crippen molar-refractivity contribution in [1.82, 2.24) is 14.8 Å². The highest BCUT2D eigenvalue weighted by Crippen LogP contribution is 2.28. The Morgan fingerprint density at radius 1 is 1.18 bits per heavy atom. The Morgan fingerprint density at radius 2 is 1.90 bits per heavy atom. The van der Waals surface area contributed by atoms with Crippen LogP contribution in [0.15, 0.2) is 36.5 Å². The van der Waals surface area contributed by atoms with Crippen LogP contribution in [0.4, 0.5) is 8.78 Å². The first-order chi connectivity index (χ1) is 18.6. The molecule has 0 spiro atoms. The lowest BCUT2D eigenvalue weighted by Crippen LogP contribution is -2.44. The molecule has 2 fully saturated rings. The number of nitrogens with two attached hydrogens (primary N) is 1. The molecule has 0 saturated carbocycles. The van der Waals surface area contributed by atoms with Crippen LogP contribution in [0.2, 0.25) is 0 Å². The molecule has 1 aromatic heterocycles. The van der Waals surface area contributed by atoms with E-state index in [9.17, 15) is 23.5 Å². The van der Waals surface area contributed by atoms with Gasteiger partial charge in [-0.1, -0.05) is 13.8 Å². The van der Waals surface area contributed by atoms with E-state index in [2.05, 4.69) is 9.88 Å². The van der Waals surface area contributed by atoms with Gasteiger partial charge in [0.05, 0.1) is 24.6 Å². The van der Waals surface area contributed by atoms with Crippen molar-refractivity contribution >= 4 is 11.8 Å². The Bertz CT molecular complexity index is 1150. The molecule has 2 amide bonds. The summed E-state index contributed by atoms with van der Waals surface area (Å²) in [6.45, 7) is 6.51. The van der Waals surface area contributed by atoms with Crippen LogP contribution in [0.3, 0.4) is 0 Å². The summed E-state index contributed by atoms with van der Waals surface area (Å²) in [4.78, 5) is 32.2. The van der Waals surface area contributed by atoms with Gasteiger partial charge in [0.2, 0.25) is 5.91 Å². The minimum Gasteiger partial charge on any atom is -0.492 e. The number of alkyl halides is 1. The van der Waals surface area contributed by atoms with Crippen molar-refractivity contribution in [2.75, 3.05) is 32.8 Å². The second-order valence-electron chi connectivity index (χ2n) is 10.7. The summed E-state index contributed by atoms with van der Waals surface area (Å²) in [6, 6.07) is 6.51. The summed E-state index contributed by atoms with van der Waals surface area (Å²) in [5.41, 5.74) is 4.92. The van der Waals surface area contributed by atoms with E-state index < -0.39 is 35.4 Å². The zero-order valence-electron chi connectivity index (χ0n) is 22.6. The van der Waals surface area contributed by atoms with Crippen LogP contribution in [0.1, 0.15) is 56.3 Å². The van der Waals surface area contributed by atoms with Crippen LogP contribution in [0, 0.1) is 11.7 Å². The molecule has 4 rings (SSSR count). The summed E-state index contributed by atoms with van der Waals surface area (Å²) < 4.78 is 35.6. The van der Waals surface area contributed by atoms with Gasteiger partial charge in [-0.05, 0) is 75.0 Å². The molecule has 2 atom stereocenters. The van der Waals surface area contributed by atoms with E-state index in [-0.39, 0.29) is 24.1 Å². The Kier molecular flexibility index (Phi) is 9.17. The second-order valence-corrected chi connectivity index (χ2v) is 10.7. The summed E-state index contributed by atoms with van der Waals surface area (Å²) in [7, 11) is 0. The predicted octanol–water partition coefficient (Wildman–Crippen LogP) is 3.57. The zero-order chi connectivity index (χ0) is 28.2. The van der Waals surface area contributed by atoms with E-state index >= 15 is 0 Å². The average Bonchev–Trinajstić information content (AvgIpc) is 3.34. The molecule has 2 aromatic rings. The number of hydrogen-bond acceptors (Lipinski definition) is 6. The summed E-state index contributed by atoms with van der Waals surface area (Å²) >= 11 is 0. The van der Waals surface area contributed by atoms with Crippen LogP contribution in [0.25, 0.3) is 11.3 Å². The first kappa shape index (κ1) is 28.9. The van der Waals surface area contributed by atoms with E-state index in [0.29, 0.717) is 43.4 Å². The molecule has 0 unspecified atom stereocenters. The van der Waals surface area contributed by atoms with Gasteiger partial charge >= 0.3 is 0 Å². The molecule has 2 aliphatic heterocycles. The van der Waals surface area contributed by atoms with Crippen molar-refractivity contribution in [3.8, 4) is 17.0 Å². The number of piperidine rings is 1. The largest absolute Gasteiger partial charge is 0.492 e. The number of likely N-dealkylation sites (tertiary alicyclic amines) is 2. The van der Waals surface area contributed by atoms with Crippen molar-refractivity contribution in [1.29, 1.82) is 0 Å². The number of amides is 2. The van der Waals surface area contributed by atoms with E-state index in [1.165, 1.54) is 17.0 Å². The number of carbonyl (C=O) groups excluding carboxylic acids is 2. The number of benzene rings is 1. The Morgan fingerprint density at radius 3 is 2.49 bits per heavy atom. The molecule has 3 N–H and O–H groups in total. The third-order valence-corrected chi connectivity index (χ3v) is 8.06.